The summed E-state index contributed by atoms with van der Waals surface area (Å²) in [5, 5.41) is 3.38. The molecule has 134 valence electrons. The summed E-state index contributed by atoms with van der Waals surface area (Å²) >= 11 is 7.02. The number of thioether (sulfide) groups is 1. The van der Waals surface area contributed by atoms with Crippen molar-refractivity contribution in [2.24, 2.45) is 0 Å². The highest BCUT2D eigenvalue weighted by molar-refractivity contribution is 8.18. The topological polar surface area (TPSA) is 58.6 Å². The Hall–Kier alpha value is -2.44. The van der Waals surface area contributed by atoms with Crippen LogP contribution in [0, 0.1) is 6.92 Å². The Morgan fingerprint density at radius 1 is 1.19 bits per heavy atom. The quantitative estimate of drug-likeness (QED) is 0.748. The summed E-state index contributed by atoms with van der Waals surface area (Å²) in [6.07, 6.45) is 1.70. The Morgan fingerprint density at radius 2 is 1.92 bits per heavy atom. The van der Waals surface area contributed by atoms with Crippen molar-refractivity contribution in [1.29, 1.82) is 0 Å². The zero-order valence-corrected chi connectivity index (χ0v) is 15.9. The molecule has 0 radical (unpaired) electrons. The van der Waals surface area contributed by atoms with Gasteiger partial charge in [0.05, 0.1) is 18.7 Å². The normalized spacial score (nSPS) is 15.7. The highest BCUT2D eigenvalue weighted by Crippen LogP contribution is 2.32. The van der Waals surface area contributed by atoms with Crippen LogP contribution in [0.4, 0.5) is 10.5 Å². The van der Waals surface area contributed by atoms with E-state index in [-0.39, 0.29) is 17.8 Å². The number of carbonyl (C=O) groups is 2. The third-order valence-electron chi connectivity index (χ3n) is 3.90. The van der Waals surface area contributed by atoms with Crippen LogP contribution in [0.1, 0.15) is 11.1 Å². The van der Waals surface area contributed by atoms with Crippen molar-refractivity contribution in [3.63, 3.8) is 0 Å². The number of methoxy groups -OCH3 is 1. The minimum absolute atomic E-state index is 0.0873. The van der Waals surface area contributed by atoms with Gasteiger partial charge in [-0.15, -0.1) is 0 Å². The van der Waals surface area contributed by atoms with Crippen molar-refractivity contribution in [2.75, 3.05) is 19.1 Å². The first-order valence-electron chi connectivity index (χ1n) is 7.87. The monoisotopic (exact) mass is 388 g/mol. The van der Waals surface area contributed by atoms with E-state index in [0.29, 0.717) is 9.93 Å². The molecule has 26 heavy (non-hydrogen) atoms. The zero-order valence-electron chi connectivity index (χ0n) is 14.3. The first-order valence-corrected chi connectivity index (χ1v) is 9.07. The van der Waals surface area contributed by atoms with E-state index in [9.17, 15) is 9.59 Å². The number of ether oxygens (including phenoxy) is 1. The fourth-order valence-corrected chi connectivity index (χ4v) is 3.38. The van der Waals surface area contributed by atoms with Crippen LogP contribution in [-0.2, 0) is 4.79 Å². The number of benzene rings is 2. The molecule has 5 nitrogen and oxygen atoms in total. The minimum Gasteiger partial charge on any atom is -0.497 e. The number of nitrogens with zero attached hydrogens (tertiary/aromatic N) is 1. The maximum atomic E-state index is 12.5. The SMILES string of the molecule is COc1ccc(/C=C2\SC(=O)N(CNc3ccc(C)c(Cl)c3)C2=O)cc1. The lowest BCUT2D eigenvalue weighted by atomic mass is 10.2. The third kappa shape index (κ3) is 4.03. The molecule has 0 bridgehead atoms. The van der Waals surface area contributed by atoms with E-state index >= 15 is 0 Å². The molecular weight excluding hydrogens is 372 g/mol. The predicted octanol–water partition coefficient (Wildman–Crippen LogP) is 4.76. The lowest BCUT2D eigenvalue weighted by molar-refractivity contribution is -0.122. The van der Waals surface area contributed by atoms with E-state index in [1.165, 1.54) is 4.90 Å². The number of aryl methyl sites for hydroxylation is 1. The lowest BCUT2D eigenvalue weighted by Gasteiger charge is -2.15. The molecule has 1 aliphatic heterocycles. The average molecular weight is 389 g/mol. The summed E-state index contributed by atoms with van der Waals surface area (Å²) in [6.45, 7) is 2.00. The molecule has 0 unspecified atom stereocenters. The zero-order chi connectivity index (χ0) is 18.7. The Kier molecular flexibility index (Phi) is 5.54. The Morgan fingerprint density at radius 3 is 2.58 bits per heavy atom. The van der Waals surface area contributed by atoms with Crippen molar-refractivity contribution < 1.29 is 14.3 Å². The Bertz CT molecular complexity index is 881. The molecule has 2 amide bonds. The number of amides is 2. The van der Waals surface area contributed by atoms with E-state index < -0.39 is 0 Å². The maximum Gasteiger partial charge on any atom is 0.295 e. The van der Waals surface area contributed by atoms with Gasteiger partial charge >= 0.3 is 0 Å². The second-order valence-corrected chi connectivity index (χ2v) is 7.08. The molecule has 0 aromatic heterocycles. The minimum atomic E-state index is -0.318. The van der Waals surface area contributed by atoms with Gasteiger partial charge in [-0.2, -0.15) is 0 Å². The smallest absolute Gasteiger partial charge is 0.295 e. The number of rotatable bonds is 5. The summed E-state index contributed by atoms with van der Waals surface area (Å²) < 4.78 is 5.11. The molecule has 1 fully saturated rings. The van der Waals surface area contributed by atoms with Gasteiger partial charge < -0.3 is 10.1 Å². The van der Waals surface area contributed by atoms with Crippen molar-refractivity contribution in [3.05, 3.63) is 63.5 Å². The van der Waals surface area contributed by atoms with Gasteiger partial charge in [0.2, 0.25) is 0 Å². The van der Waals surface area contributed by atoms with E-state index in [0.717, 1.165) is 34.3 Å². The van der Waals surface area contributed by atoms with E-state index in [1.54, 1.807) is 31.4 Å². The first-order chi connectivity index (χ1) is 12.5. The molecule has 2 aromatic rings. The second kappa shape index (κ2) is 7.85. The summed E-state index contributed by atoms with van der Waals surface area (Å²) in [6, 6.07) is 12.8. The molecular formula is C19H17ClN2O3S. The number of hydrogen-bond acceptors (Lipinski definition) is 5. The van der Waals surface area contributed by atoms with Gasteiger partial charge in [0.25, 0.3) is 11.1 Å². The molecule has 1 N–H and O–H groups in total. The van der Waals surface area contributed by atoms with Gasteiger partial charge in [0.15, 0.2) is 0 Å². The third-order valence-corrected chi connectivity index (χ3v) is 5.21. The predicted molar refractivity (Wildman–Crippen MR) is 105 cm³/mol. The maximum absolute atomic E-state index is 12.5. The molecule has 0 atom stereocenters. The van der Waals surface area contributed by atoms with Crippen LogP contribution in [0.25, 0.3) is 6.08 Å². The first kappa shape index (κ1) is 18.4. The number of anilines is 1. The van der Waals surface area contributed by atoms with Crippen LogP contribution in [0.15, 0.2) is 47.4 Å². The van der Waals surface area contributed by atoms with Crippen LogP contribution in [-0.4, -0.2) is 29.8 Å². The van der Waals surface area contributed by atoms with E-state index in [2.05, 4.69) is 5.32 Å². The van der Waals surface area contributed by atoms with Crippen molar-refractivity contribution in [3.8, 4) is 5.75 Å². The molecule has 1 saturated heterocycles. The molecule has 0 aliphatic carbocycles. The highest BCUT2D eigenvalue weighted by Gasteiger charge is 2.34. The standard InChI is InChI=1S/C19H17ClN2O3S/c1-12-3-6-14(10-16(12)20)21-11-22-18(23)17(26-19(22)24)9-13-4-7-15(25-2)8-5-13/h3-10,21H,11H2,1-2H3/b17-9-. The number of imide groups is 1. The van der Waals surface area contributed by atoms with Crippen molar-refractivity contribution >= 4 is 46.3 Å². The fourth-order valence-electron chi connectivity index (χ4n) is 2.36. The van der Waals surface area contributed by atoms with E-state index in [1.807, 2.05) is 31.2 Å². The van der Waals surface area contributed by atoms with Gasteiger partial charge in [-0.1, -0.05) is 29.8 Å². The van der Waals surface area contributed by atoms with Crippen molar-refractivity contribution in [2.45, 2.75) is 6.92 Å². The number of carbonyl (C=O) groups excluding carboxylic acids is 2. The molecule has 0 spiro atoms. The summed E-state index contributed by atoms with van der Waals surface area (Å²) in [4.78, 5) is 26.2. The average Bonchev–Trinajstić information content (AvgIpc) is 2.90. The van der Waals surface area contributed by atoms with Crippen LogP contribution < -0.4 is 10.1 Å². The number of nitrogens with one attached hydrogen (secondary N) is 1. The molecule has 2 aromatic carbocycles. The van der Waals surface area contributed by atoms with Crippen LogP contribution in [0.3, 0.4) is 0 Å². The van der Waals surface area contributed by atoms with Gasteiger partial charge in [-0.25, -0.2) is 0 Å². The van der Waals surface area contributed by atoms with Crippen molar-refractivity contribution in [1.82, 2.24) is 4.90 Å². The van der Waals surface area contributed by atoms with Gasteiger partial charge in [-0.3, -0.25) is 14.5 Å². The fraction of sp³-hybridized carbons (Fsp3) is 0.158. The molecule has 0 saturated carbocycles. The Balaban J connectivity index is 1.69. The number of hydrogen-bond donors (Lipinski definition) is 1. The highest BCUT2D eigenvalue weighted by atomic mass is 35.5. The molecule has 1 heterocycles. The summed E-state index contributed by atoms with van der Waals surface area (Å²) in [7, 11) is 1.59. The van der Waals surface area contributed by atoms with Gasteiger partial charge in [0, 0.05) is 10.7 Å². The molecule has 3 rings (SSSR count). The van der Waals surface area contributed by atoms with Crippen LogP contribution >= 0.6 is 23.4 Å². The Labute approximate surface area is 161 Å². The summed E-state index contributed by atoms with van der Waals surface area (Å²) in [5.41, 5.74) is 2.54. The van der Waals surface area contributed by atoms with Crippen LogP contribution in [0.2, 0.25) is 5.02 Å². The van der Waals surface area contributed by atoms with Gasteiger partial charge in [-0.05, 0) is 60.2 Å². The second-order valence-electron chi connectivity index (χ2n) is 5.68. The van der Waals surface area contributed by atoms with Crippen LogP contribution in [0.5, 0.6) is 5.75 Å². The largest absolute Gasteiger partial charge is 0.497 e. The molecule has 7 heteroatoms. The molecule has 1 aliphatic rings. The lowest BCUT2D eigenvalue weighted by Crippen LogP contribution is -2.33. The van der Waals surface area contributed by atoms with Gasteiger partial charge in [0.1, 0.15) is 5.75 Å². The summed E-state index contributed by atoms with van der Waals surface area (Å²) in [5.74, 6) is 0.415. The van der Waals surface area contributed by atoms with E-state index in [4.69, 9.17) is 16.3 Å². The number of halogens is 1.